The number of ether oxygens (including phenoxy) is 1. The van der Waals surface area contributed by atoms with Gasteiger partial charge < -0.3 is 19.7 Å². The minimum Gasteiger partial charge on any atom is -0.489 e. The molecule has 1 aliphatic heterocycles. The fraction of sp³-hybridized carbons (Fsp3) is 0.304. The second-order valence-electron chi connectivity index (χ2n) is 8.01. The van der Waals surface area contributed by atoms with E-state index in [9.17, 15) is 14.7 Å². The van der Waals surface area contributed by atoms with Gasteiger partial charge in [0.15, 0.2) is 5.82 Å². The summed E-state index contributed by atoms with van der Waals surface area (Å²) in [6, 6.07) is 9.28. The van der Waals surface area contributed by atoms with Crippen molar-refractivity contribution in [3.63, 3.8) is 0 Å². The molecule has 2 aliphatic rings. The van der Waals surface area contributed by atoms with Gasteiger partial charge >= 0.3 is 5.97 Å². The number of halogens is 1. The van der Waals surface area contributed by atoms with Crippen molar-refractivity contribution >= 4 is 22.6 Å². The van der Waals surface area contributed by atoms with Gasteiger partial charge in [-0.15, -0.1) is 0 Å². The molecule has 154 valence electrons. The Morgan fingerprint density at radius 2 is 2.03 bits per heavy atom. The summed E-state index contributed by atoms with van der Waals surface area (Å²) in [6.45, 7) is 2.49. The van der Waals surface area contributed by atoms with Crippen molar-refractivity contribution < 1.29 is 19.0 Å². The topological polar surface area (TPSA) is 80.6 Å². The lowest BCUT2D eigenvalue weighted by Crippen LogP contribution is -2.28. The predicted molar refractivity (Wildman–Crippen MR) is 111 cm³/mol. The van der Waals surface area contributed by atoms with Crippen LogP contribution in [0, 0.1) is 5.82 Å². The van der Waals surface area contributed by atoms with Crippen LogP contribution in [0.4, 0.5) is 10.1 Å². The monoisotopic (exact) mass is 408 g/mol. The number of nitrogens with one attached hydrogen (secondary N) is 1. The number of aromatic carboxylic acids is 1. The maximum atomic E-state index is 15.8. The van der Waals surface area contributed by atoms with Gasteiger partial charge in [0.25, 0.3) is 0 Å². The molecule has 2 heterocycles. The van der Waals surface area contributed by atoms with Gasteiger partial charge in [0, 0.05) is 18.3 Å². The maximum Gasteiger partial charge on any atom is 0.341 e. The van der Waals surface area contributed by atoms with Crippen LogP contribution in [0.3, 0.4) is 0 Å². The number of nitrogens with zero attached hydrogens (tertiary/aromatic N) is 1. The number of hydrogen-bond acceptors (Lipinski definition) is 4. The van der Waals surface area contributed by atoms with E-state index in [2.05, 4.69) is 5.32 Å². The number of carboxylic acids is 1. The summed E-state index contributed by atoms with van der Waals surface area (Å²) < 4.78 is 23.4. The molecule has 0 spiro atoms. The molecule has 5 rings (SSSR count). The number of carbonyl (C=O) groups is 1. The highest BCUT2D eigenvalue weighted by Gasteiger charge is 2.37. The Balaban J connectivity index is 1.81. The fourth-order valence-corrected chi connectivity index (χ4v) is 4.19. The number of benzene rings is 2. The Bertz CT molecular complexity index is 1230. The lowest BCUT2D eigenvalue weighted by atomic mass is 9.98. The van der Waals surface area contributed by atoms with Crippen molar-refractivity contribution in [2.75, 3.05) is 11.9 Å². The quantitative estimate of drug-likeness (QED) is 0.659. The fourth-order valence-electron chi connectivity index (χ4n) is 4.19. The van der Waals surface area contributed by atoms with Gasteiger partial charge in [-0.25, -0.2) is 9.18 Å². The summed E-state index contributed by atoms with van der Waals surface area (Å²) in [5, 5.41) is 12.7. The Labute approximate surface area is 171 Å². The summed E-state index contributed by atoms with van der Waals surface area (Å²) >= 11 is 0. The molecule has 0 radical (unpaired) electrons. The number of anilines is 1. The zero-order valence-electron chi connectivity index (χ0n) is 16.4. The molecule has 6 nitrogen and oxygen atoms in total. The van der Waals surface area contributed by atoms with Crippen molar-refractivity contribution in [3.8, 4) is 5.75 Å². The molecule has 1 unspecified atom stereocenters. The van der Waals surface area contributed by atoms with Crippen LogP contribution >= 0.6 is 0 Å². The zero-order chi connectivity index (χ0) is 21.0. The minimum absolute atomic E-state index is 0.0364. The first-order valence-electron chi connectivity index (χ1n) is 10.1. The van der Waals surface area contributed by atoms with Crippen LogP contribution in [0.5, 0.6) is 5.75 Å². The summed E-state index contributed by atoms with van der Waals surface area (Å²) in [4.78, 5) is 24.9. The van der Waals surface area contributed by atoms with Crippen molar-refractivity contribution in [2.45, 2.75) is 38.3 Å². The van der Waals surface area contributed by atoms with Crippen LogP contribution in [0.15, 0.2) is 41.3 Å². The standard InChI is InChI=1S/C23H21FN2O4/c1-12-11-30-22-16(14-7-8-14)18(24)19(25-9-13-5-3-2-4-6-13)17-20(22)26(12)10-15(21(17)27)23(28)29/h2-6,10,12,14,25H,7-9,11H2,1H3,(H,28,29). The number of aromatic nitrogens is 1. The lowest BCUT2D eigenvalue weighted by molar-refractivity contribution is 0.0694. The Morgan fingerprint density at radius 1 is 1.30 bits per heavy atom. The van der Waals surface area contributed by atoms with Crippen molar-refractivity contribution in [1.82, 2.24) is 4.57 Å². The first-order chi connectivity index (χ1) is 14.5. The maximum absolute atomic E-state index is 15.8. The molecule has 1 fully saturated rings. The zero-order valence-corrected chi connectivity index (χ0v) is 16.4. The third-order valence-electron chi connectivity index (χ3n) is 5.87. The smallest absolute Gasteiger partial charge is 0.341 e. The highest BCUT2D eigenvalue weighted by molar-refractivity contribution is 6.01. The van der Waals surface area contributed by atoms with E-state index >= 15 is 4.39 Å². The van der Waals surface area contributed by atoms with E-state index in [1.165, 1.54) is 6.20 Å². The highest BCUT2D eigenvalue weighted by atomic mass is 19.1. The Morgan fingerprint density at radius 3 is 2.70 bits per heavy atom. The van der Waals surface area contributed by atoms with Gasteiger partial charge in [-0.3, -0.25) is 4.79 Å². The third kappa shape index (κ3) is 2.84. The van der Waals surface area contributed by atoms with E-state index in [4.69, 9.17) is 4.74 Å². The molecule has 1 aliphatic carbocycles. The largest absolute Gasteiger partial charge is 0.489 e. The molecule has 0 amide bonds. The normalized spacial score (nSPS) is 17.6. The number of hydrogen-bond donors (Lipinski definition) is 2. The number of carboxylic acid groups (broad SMARTS) is 1. The van der Waals surface area contributed by atoms with Crippen LogP contribution in [0.1, 0.15) is 53.2 Å². The highest BCUT2D eigenvalue weighted by Crippen LogP contribution is 2.51. The SMILES string of the molecule is CC1COc2c(C3CC3)c(F)c(NCc3ccccc3)c3c(=O)c(C(=O)O)cn1c23. The van der Waals surface area contributed by atoms with Crippen LogP contribution in [-0.4, -0.2) is 22.2 Å². The molecule has 2 aromatic carbocycles. The van der Waals surface area contributed by atoms with E-state index in [0.717, 1.165) is 18.4 Å². The molecule has 3 aromatic rings. The summed E-state index contributed by atoms with van der Waals surface area (Å²) in [5.41, 5.74) is 0.865. The van der Waals surface area contributed by atoms with Crippen molar-refractivity contribution in [1.29, 1.82) is 0 Å². The van der Waals surface area contributed by atoms with Gasteiger partial charge in [-0.2, -0.15) is 0 Å². The lowest BCUT2D eigenvalue weighted by Gasteiger charge is -2.30. The summed E-state index contributed by atoms with van der Waals surface area (Å²) in [5.74, 6) is -1.41. The number of pyridine rings is 1. The van der Waals surface area contributed by atoms with Crippen LogP contribution in [-0.2, 0) is 6.54 Å². The van der Waals surface area contributed by atoms with Crippen molar-refractivity contribution in [2.24, 2.45) is 0 Å². The predicted octanol–water partition coefficient (Wildman–Crippen LogP) is 4.28. The van der Waals surface area contributed by atoms with Gasteiger partial charge in [-0.1, -0.05) is 30.3 Å². The van der Waals surface area contributed by atoms with E-state index < -0.39 is 17.2 Å². The Hall–Kier alpha value is -3.35. The molecule has 30 heavy (non-hydrogen) atoms. The molecule has 0 bridgehead atoms. The van der Waals surface area contributed by atoms with Gasteiger partial charge in [-0.05, 0) is 31.2 Å². The van der Waals surface area contributed by atoms with E-state index in [-0.39, 0.29) is 28.6 Å². The Kier molecular flexibility index (Phi) is 4.27. The van der Waals surface area contributed by atoms with Gasteiger partial charge in [0.05, 0.1) is 22.6 Å². The van der Waals surface area contributed by atoms with Gasteiger partial charge in [0.2, 0.25) is 5.43 Å². The molecule has 0 saturated heterocycles. The average Bonchev–Trinajstić information content (AvgIpc) is 3.56. The third-order valence-corrected chi connectivity index (χ3v) is 5.87. The number of rotatable bonds is 5. The van der Waals surface area contributed by atoms with Crippen LogP contribution in [0.25, 0.3) is 10.9 Å². The molecular formula is C23H21FN2O4. The molecule has 2 N–H and O–H groups in total. The first-order valence-corrected chi connectivity index (χ1v) is 10.1. The summed E-state index contributed by atoms with van der Waals surface area (Å²) in [6.07, 6.45) is 3.09. The molecule has 1 atom stereocenters. The molecule has 1 aromatic heterocycles. The second kappa shape index (κ2) is 6.86. The van der Waals surface area contributed by atoms with E-state index in [1.54, 1.807) is 4.57 Å². The van der Waals surface area contributed by atoms with E-state index in [0.29, 0.717) is 30.0 Å². The van der Waals surface area contributed by atoms with Crippen LogP contribution < -0.4 is 15.5 Å². The molecular weight excluding hydrogens is 387 g/mol. The second-order valence-corrected chi connectivity index (χ2v) is 8.01. The van der Waals surface area contributed by atoms with Gasteiger partial charge in [0.1, 0.15) is 17.9 Å². The first kappa shape index (κ1) is 18.7. The van der Waals surface area contributed by atoms with Crippen LogP contribution in [0.2, 0.25) is 0 Å². The summed E-state index contributed by atoms with van der Waals surface area (Å²) in [7, 11) is 0. The minimum atomic E-state index is -1.33. The average molecular weight is 408 g/mol. The molecule has 1 saturated carbocycles. The van der Waals surface area contributed by atoms with E-state index in [1.807, 2.05) is 37.3 Å². The molecule has 7 heteroatoms. The van der Waals surface area contributed by atoms with Crippen molar-refractivity contribution in [3.05, 3.63) is 69.3 Å².